The molecule has 0 atom stereocenters. The minimum atomic E-state index is -0.287. The number of methoxy groups -OCH3 is 3. The van der Waals surface area contributed by atoms with Crippen molar-refractivity contribution in [3.63, 3.8) is 0 Å². The standard InChI is InChI=1S/C31H32Cl2N2O5/c1-19(14-27(36)34-17-21-6-10-23(38-3)11-7-21)25-16-26(30(33)31(40-5)29(25)32)20(2)15-28(37)35-18-22-8-12-24(39-4)13-9-22/h6-16H,17-18H2,1-5H3,(H,34,36)(H,35,37)/b19-14+,20-15+. The minimum absolute atomic E-state index is 0.258. The molecule has 2 N–H and O–H groups in total. The summed E-state index contributed by atoms with van der Waals surface area (Å²) in [6.07, 6.45) is 2.92. The molecule has 7 nitrogen and oxygen atoms in total. The molecule has 0 aliphatic carbocycles. The van der Waals surface area contributed by atoms with Gasteiger partial charge < -0.3 is 24.8 Å². The Morgan fingerprint density at radius 3 is 1.38 bits per heavy atom. The van der Waals surface area contributed by atoms with Crippen molar-refractivity contribution in [2.24, 2.45) is 0 Å². The Hall–Kier alpha value is -3.94. The molecule has 210 valence electrons. The van der Waals surface area contributed by atoms with E-state index in [0.717, 1.165) is 22.6 Å². The van der Waals surface area contributed by atoms with Crippen LogP contribution in [0.1, 0.15) is 36.1 Å². The summed E-state index contributed by atoms with van der Waals surface area (Å²) in [5.74, 6) is 1.17. The Morgan fingerprint density at radius 1 is 0.675 bits per heavy atom. The first-order chi connectivity index (χ1) is 19.2. The predicted octanol–water partition coefficient (Wildman–Crippen LogP) is 6.46. The first kappa shape index (κ1) is 30.6. The third-order valence-corrected chi connectivity index (χ3v) is 6.91. The average molecular weight is 584 g/mol. The van der Waals surface area contributed by atoms with Crippen molar-refractivity contribution in [2.75, 3.05) is 21.3 Å². The van der Waals surface area contributed by atoms with Crippen LogP contribution in [0.25, 0.3) is 11.1 Å². The lowest BCUT2D eigenvalue weighted by Gasteiger charge is -2.16. The monoisotopic (exact) mass is 582 g/mol. The number of carbonyl (C=O) groups is 2. The molecule has 0 spiro atoms. The molecule has 3 rings (SSSR count). The molecule has 0 radical (unpaired) electrons. The van der Waals surface area contributed by atoms with E-state index >= 15 is 0 Å². The lowest BCUT2D eigenvalue weighted by atomic mass is 9.98. The molecule has 0 saturated carbocycles. The number of hydrogen-bond acceptors (Lipinski definition) is 5. The highest BCUT2D eigenvalue weighted by molar-refractivity contribution is 6.39. The summed E-state index contributed by atoms with van der Waals surface area (Å²) in [5, 5.41) is 6.27. The molecule has 0 bridgehead atoms. The van der Waals surface area contributed by atoms with Gasteiger partial charge in [-0.1, -0.05) is 47.5 Å². The molecular weight excluding hydrogens is 551 g/mol. The molecule has 0 unspecified atom stereocenters. The molecular formula is C31H32Cl2N2O5. The summed E-state index contributed by atoms with van der Waals surface area (Å²) in [5.41, 5.74) is 4.18. The summed E-state index contributed by atoms with van der Waals surface area (Å²) < 4.78 is 15.8. The van der Waals surface area contributed by atoms with Gasteiger partial charge in [0.05, 0.1) is 31.4 Å². The highest BCUT2D eigenvalue weighted by Gasteiger charge is 2.19. The van der Waals surface area contributed by atoms with E-state index in [9.17, 15) is 9.59 Å². The van der Waals surface area contributed by atoms with Gasteiger partial charge >= 0.3 is 0 Å². The van der Waals surface area contributed by atoms with E-state index in [1.54, 1.807) is 34.1 Å². The van der Waals surface area contributed by atoms with Crippen molar-refractivity contribution in [3.05, 3.63) is 99.0 Å². The fourth-order valence-corrected chi connectivity index (χ4v) is 4.68. The van der Waals surface area contributed by atoms with Crippen LogP contribution in [0.2, 0.25) is 10.0 Å². The largest absolute Gasteiger partial charge is 0.497 e. The third-order valence-electron chi connectivity index (χ3n) is 6.16. The zero-order valence-electron chi connectivity index (χ0n) is 23.1. The van der Waals surface area contributed by atoms with E-state index in [4.69, 9.17) is 37.4 Å². The lowest BCUT2D eigenvalue weighted by molar-refractivity contribution is -0.117. The van der Waals surface area contributed by atoms with E-state index in [1.807, 2.05) is 48.5 Å². The van der Waals surface area contributed by atoms with E-state index in [2.05, 4.69) is 10.6 Å². The summed E-state index contributed by atoms with van der Waals surface area (Å²) in [7, 11) is 4.66. The normalized spacial score (nSPS) is 11.6. The summed E-state index contributed by atoms with van der Waals surface area (Å²) in [6.45, 7) is 4.24. The number of allylic oxidation sites excluding steroid dienone is 2. The van der Waals surface area contributed by atoms with Crippen LogP contribution in [-0.2, 0) is 22.7 Å². The number of ether oxygens (including phenoxy) is 3. The molecule has 40 heavy (non-hydrogen) atoms. The van der Waals surface area contributed by atoms with Gasteiger partial charge in [-0.05, 0) is 66.5 Å². The molecule has 0 fully saturated rings. The molecule has 0 saturated heterocycles. The van der Waals surface area contributed by atoms with Gasteiger partial charge in [0, 0.05) is 36.4 Å². The minimum Gasteiger partial charge on any atom is -0.497 e. The molecule has 2 amide bonds. The van der Waals surface area contributed by atoms with Crippen molar-refractivity contribution in [2.45, 2.75) is 26.9 Å². The van der Waals surface area contributed by atoms with Crippen molar-refractivity contribution in [1.82, 2.24) is 10.6 Å². The molecule has 0 aliphatic rings. The van der Waals surface area contributed by atoms with Crippen LogP contribution in [0, 0.1) is 0 Å². The van der Waals surface area contributed by atoms with Crippen molar-refractivity contribution in [1.29, 1.82) is 0 Å². The molecule has 3 aromatic rings. The van der Waals surface area contributed by atoms with Crippen LogP contribution in [-0.4, -0.2) is 33.1 Å². The van der Waals surface area contributed by atoms with Crippen LogP contribution in [0.4, 0.5) is 0 Å². The van der Waals surface area contributed by atoms with Gasteiger partial charge in [-0.15, -0.1) is 0 Å². The van der Waals surface area contributed by atoms with E-state index < -0.39 is 0 Å². The quantitative estimate of drug-likeness (QED) is 0.253. The van der Waals surface area contributed by atoms with Crippen molar-refractivity contribution in [3.8, 4) is 17.2 Å². The second-order valence-corrected chi connectivity index (χ2v) is 9.68. The zero-order chi connectivity index (χ0) is 29.2. The first-order valence-corrected chi connectivity index (χ1v) is 13.2. The highest BCUT2D eigenvalue weighted by atomic mass is 35.5. The van der Waals surface area contributed by atoms with Gasteiger partial charge in [0.2, 0.25) is 11.8 Å². The fraction of sp³-hybridized carbons (Fsp3) is 0.226. The lowest BCUT2D eigenvalue weighted by Crippen LogP contribution is -2.20. The molecule has 0 heterocycles. The number of amides is 2. The predicted molar refractivity (Wildman–Crippen MR) is 160 cm³/mol. The van der Waals surface area contributed by atoms with Gasteiger partial charge in [0.25, 0.3) is 0 Å². The summed E-state index contributed by atoms with van der Waals surface area (Å²) >= 11 is 13.2. The topological polar surface area (TPSA) is 85.9 Å². The Kier molecular flexibility index (Phi) is 11.1. The zero-order valence-corrected chi connectivity index (χ0v) is 24.6. The number of carbonyl (C=O) groups excluding carboxylic acids is 2. The fourth-order valence-electron chi connectivity index (χ4n) is 3.88. The van der Waals surface area contributed by atoms with Gasteiger partial charge in [0.1, 0.15) is 11.5 Å². The van der Waals surface area contributed by atoms with E-state index in [0.29, 0.717) is 35.4 Å². The van der Waals surface area contributed by atoms with E-state index in [1.165, 1.54) is 19.3 Å². The van der Waals surface area contributed by atoms with Crippen LogP contribution >= 0.6 is 23.2 Å². The Morgan fingerprint density at radius 2 is 1.05 bits per heavy atom. The Labute approximate surface area is 244 Å². The maximum absolute atomic E-state index is 12.7. The first-order valence-electron chi connectivity index (χ1n) is 12.4. The molecule has 0 aliphatic heterocycles. The summed E-state index contributed by atoms with van der Waals surface area (Å²) in [6, 6.07) is 16.6. The van der Waals surface area contributed by atoms with Crippen LogP contribution in [0.15, 0.2) is 66.7 Å². The van der Waals surface area contributed by atoms with Gasteiger partial charge in [-0.25, -0.2) is 0 Å². The van der Waals surface area contributed by atoms with Gasteiger partial charge in [-0.2, -0.15) is 0 Å². The van der Waals surface area contributed by atoms with Crippen LogP contribution in [0.5, 0.6) is 17.2 Å². The summed E-state index contributed by atoms with van der Waals surface area (Å²) in [4.78, 5) is 25.3. The third kappa shape index (κ3) is 8.04. The number of hydrogen-bond donors (Lipinski definition) is 2. The van der Waals surface area contributed by atoms with Crippen LogP contribution in [0.3, 0.4) is 0 Å². The Balaban J connectivity index is 1.77. The number of halogens is 2. The van der Waals surface area contributed by atoms with Gasteiger partial charge in [-0.3, -0.25) is 9.59 Å². The second kappa shape index (κ2) is 14.4. The SMILES string of the molecule is COc1ccc(CNC(=O)/C=C(\C)c2cc(/C(C)=C/C(=O)NCc3ccc(OC)cc3)c(Cl)c(OC)c2Cl)cc1. The molecule has 9 heteroatoms. The number of nitrogens with one attached hydrogen (secondary N) is 2. The van der Waals surface area contributed by atoms with E-state index in [-0.39, 0.29) is 27.6 Å². The maximum atomic E-state index is 12.7. The number of rotatable bonds is 11. The maximum Gasteiger partial charge on any atom is 0.244 e. The number of benzene rings is 3. The van der Waals surface area contributed by atoms with Crippen molar-refractivity contribution >= 4 is 46.2 Å². The average Bonchev–Trinajstić information content (AvgIpc) is 2.95. The van der Waals surface area contributed by atoms with Gasteiger partial charge in [0.15, 0.2) is 5.75 Å². The molecule has 0 aromatic heterocycles. The van der Waals surface area contributed by atoms with Crippen LogP contribution < -0.4 is 24.8 Å². The molecule has 3 aromatic carbocycles. The highest BCUT2D eigenvalue weighted by Crippen LogP contribution is 2.42. The van der Waals surface area contributed by atoms with Crippen molar-refractivity contribution < 1.29 is 23.8 Å². The smallest absolute Gasteiger partial charge is 0.244 e. The Bertz CT molecular complexity index is 1310. The second-order valence-electron chi connectivity index (χ2n) is 8.92.